The van der Waals surface area contributed by atoms with Crippen LogP contribution in [-0.2, 0) is 0 Å². The Morgan fingerprint density at radius 1 is 0.404 bits per heavy atom. The van der Waals surface area contributed by atoms with E-state index in [0.29, 0.717) is 5.89 Å². The summed E-state index contributed by atoms with van der Waals surface area (Å²) in [5.41, 5.74) is 11.1. The molecule has 0 saturated heterocycles. The highest BCUT2D eigenvalue weighted by Crippen LogP contribution is 2.43. The van der Waals surface area contributed by atoms with Crippen molar-refractivity contribution >= 4 is 82.8 Å². The summed E-state index contributed by atoms with van der Waals surface area (Å²) in [5.74, 6) is 0.572. The van der Waals surface area contributed by atoms with Gasteiger partial charge in [-0.25, -0.2) is 4.98 Å². The fourth-order valence-electron chi connectivity index (χ4n) is 7.64. The van der Waals surface area contributed by atoms with Crippen molar-refractivity contribution in [2.45, 2.75) is 0 Å². The van der Waals surface area contributed by atoms with Crippen molar-refractivity contribution in [1.29, 1.82) is 0 Å². The Morgan fingerprint density at radius 3 is 1.88 bits per heavy atom. The van der Waals surface area contributed by atoms with Gasteiger partial charge in [0.05, 0.1) is 0 Å². The summed E-state index contributed by atoms with van der Waals surface area (Å²) >= 11 is 0. The summed E-state index contributed by atoms with van der Waals surface area (Å²) in [5, 5.41) is 6.33. The Hall–Kier alpha value is -7.11. The van der Waals surface area contributed by atoms with Crippen molar-refractivity contribution < 1.29 is 13.3 Å². The van der Waals surface area contributed by atoms with Crippen LogP contribution < -0.4 is 4.90 Å². The van der Waals surface area contributed by atoms with Crippen LogP contribution >= 0.6 is 0 Å². The van der Waals surface area contributed by atoms with E-state index >= 15 is 0 Å². The third kappa shape index (κ3) is 4.46. The molecule has 3 aromatic heterocycles. The predicted molar refractivity (Wildman–Crippen MR) is 212 cm³/mol. The van der Waals surface area contributed by atoms with Crippen molar-refractivity contribution in [3.63, 3.8) is 0 Å². The summed E-state index contributed by atoms with van der Waals surface area (Å²) in [6.45, 7) is 0. The Bertz CT molecular complexity index is 3130. The molecule has 0 fully saturated rings. The summed E-state index contributed by atoms with van der Waals surface area (Å²) in [4.78, 5) is 7.19. The number of oxazole rings is 1. The lowest BCUT2D eigenvalue weighted by molar-refractivity contribution is 0.623. The second-order valence-corrected chi connectivity index (χ2v) is 13.1. The Balaban J connectivity index is 1.07. The molecule has 52 heavy (non-hydrogen) atoms. The molecule has 0 aliphatic heterocycles. The van der Waals surface area contributed by atoms with Crippen LogP contribution in [0.3, 0.4) is 0 Å². The molecular formula is C47H28N2O3. The van der Waals surface area contributed by atoms with E-state index in [0.717, 1.165) is 93.9 Å². The minimum absolute atomic E-state index is 0.572. The number of fused-ring (bicyclic) bond motifs is 9. The van der Waals surface area contributed by atoms with E-state index in [4.69, 9.17) is 18.2 Å². The van der Waals surface area contributed by atoms with E-state index in [-0.39, 0.29) is 0 Å². The molecule has 0 spiro atoms. The van der Waals surface area contributed by atoms with Crippen molar-refractivity contribution in [2.75, 3.05) is 4.90 Å². The van der Waals surface area contributed by atoms with Crippen LogP contribution in [0.1, 0.15) is 0 Å². The number of para-hydroxylation sites is 1. The molecule has 0 atom stereocenters. The topological polar surface area (TPSA) is 55.6 Å². The van der Waals surface area contributed by atoms with Crippen LogP contribution in [0.2, 0.25) is 0 Å². The first-order valence-corrected chi connectivity index (χ1v) is 17.4. The monoisotopic (exact) mass is 668 g/mol. The molecule has 0 unspecified atom stereocenters. The van der Waals surface area contributed by atoms with Crippen molar-refractivity contribution in [2.24, 2.45) is 0 Å². The molecule has 0 aliphatic rings. The Morgan fingerprint density at radius 2 is 1.04 bits per heavy atom. The first-order chi connectivity index (χ1) is 25.7. The number of aromatic nitrogens is 1. The number of benzene rings is 8. The molecule has 5 nitrogen and oxygen atoms in total. The third-order valence-corrected chi connectivity index (χ3v) is 10.1. The molecule has 244 valence electrons. The van der Waals surface area contributed by atoms with E-state index in [1.54, 1.807) is 0 Å². The van der Waals surface area contributed by atoms with Gasteiger partial charge in [-0.2, -0.15) is 0 Å². The number of hydrogen-bond donors (Lipinski definition) is 0. The smallest absolute Gasteiger partial charge is 0.228 e. The highest BCUT2D eigenvalue weighted by molar-refractivity contribution is 6.13. The lowest BCUT2D eigenvalue weighted by Crippen LogP contribution is -2.09. The largest absolute Gasteiger partial charge is 0.456 e. The van der Waals surface area contributed by atoms with Crippen LogP contribution in [0.5, 0.6) is 0 Å². The van der Waals surface area contributed by atoms with E-state index in [2.05, 4.69) is 120 Å². The Labute approximate surface area is 297 Å². The average molecular weight is 669 g/mol. The highest BCUT2D eigenvalue weighted by atomic mass is 16.4. The van der Waals surface area contributed by atoms with Crippen molar-refractivity contribution in [3.8, 4) is 22.6 Å². The number of rotatable bonds is 5. The zero-order chi connectivity index (χ0) is 34.2. The fourth-order valence-corrected chi connectivity index (χ4v) is 7.64. The van der Waals surface area contributed by atoms with Crippen LogP contribution in [-0.4, -0.2) is 4.98 Å². The van der Waals surface area contributed by atoms with Gasteiger partial charge in [0.25, 0.3) is 0 Å². The number of anilines is 3. The summed E-state index contributed by atoms with van der Waals surface area (Å²) < 4.78 is 19.4. The van der Waals surface area contributed by atoms with E-state index in [1.807, 2.05) is 54.6 Å². The van der Waals surface area contributed by atoms with E-state index in [9.17, 15) is 0 Å². The lowest BCUT2D eigenvalue weighted by Gasteiger charge is -2.25. The fraction of sp³-hybridized carbons (Fsp3) is 0. The zero-order valence-corrected chi connectivity index (χ0v) is 27.8. The van der Waals surface area contributed by atoms with E-state index in [1.165, 1.54) is 5.56 Å². The molecule has 0 bridgehead atoms. The van der Waals surface area contributed by atoms with Gasteiger partial charge in [-0.1, -0.05) is 97.1 Å². The molecule has 0 radical (unpaired) electrons. The number of hydrogen-bond acceptors (Lipinski definition) is 5. The molecule has 11 aromatic rings. The molecular weight excluding hydrogens is 641 g/mol. The standard InChI is InChI=1S/C47H28N2O3/c1-2-9-29(10-3-1)30-17-20-32(21-18-30)49(33-22-24-37-36-13-6-7-15-41(36)50-43(37)27-33)34-23-25-38-44(28-34)51-42-16-8-14-39(45(38)42)47-48-40-26-19-31-11-4-5-12-35(31)46(40)52-47/h1-28H. The van der Waals surface area contributed by atoms with Gasteiger partial charge in [-0.3, -0.25) is 0 Å². The molecule has 8 aromatic carbocycles. The zero-order valence-electron chi connectivity index (χ0n) is 27.8. The maximum Gasteiger partial charge on any atom is 0.228 e. The minimum Gasteiger partial charge on any atom is -0.456 e. The molecule has 11 rings (SSSR count). The van der Waals surface area contributed by atoms with Gasteiger partial charge in [0.1, 0.15) is 27.8 Å². The van der Waals surface area contributed by atoms with Gasteiger partial charge >= 0.3 is 0 Å². The predicted octanol–water partition coefficient (Wildman–Crippen LogP) is 13.6. The summed E-state index contributed by atoms with van der Waals surface area (Å²) in [6, 6.07) is 58.6. The summed E-state index contributed by atoms with van der Waals surface area (Å²) in [7, 11) is 0. The second kappa shape index (κ2) is 11.2. The van der Waals surface area contributed by atoms with Crippen molar-refractivity contribution in [1.82, 2.24) is 4.98 Å². The number of nitrogens with zero attached hydrogens (tertiary/aromatic N) is 2. The first kappa shape index (κ1) is 28.7. The van der Waals surface area contributed by atoms with E-state index < -0.39 is 0 Å². The van der Waals surface area contributed by atoms with Crippen LogP contribution in [0.4, 0.5) is 17.1 Å². The molecule has 5 heteroatoms. The third-order valence-electron chi connectivity index (χ3n) is 10.1. The maximum atomic E-state index is 6.59. The van der Waals surface area contributed by atoms with Gasteiger partial charge < -0.3 is 18.2 Å². The van der Waals surface area contributed by atoms with Gasteiger partial charge in [-0.05, 0) is 77.2 Å². The molecule has 3 heterocycles. The molecule has 0 amide bonds. The summed E-state index contributed by atoms with van der Waals surface area (Å²) in [6.07, 6.45) is 0. The highest BCUT2D eigenvalue weighted by Gasteiger charge is 2.21. The quantitative estimate of drug-likeness (QED) is 0.183. The molecule has 0 saturated carbocycles. The average Bonchev–Trinajstić information content (AvgIpc) is 3.92. The van der Waals surface area contributed by atoms with Gasteiger partial charge in [0.2, 0.25) is 5.89 Å². The molecule has 0 aliphatic carbocycles. The molecule has 0 N–H and O–H groups in total. The van der Waals surface area contributed by atoms with Crippen LogP contribution in [0.25, 0.3) is 88.3 Å². The minimum atomic E-state index is 0.572. The normalized spacial score (nSPS) is 11.8. The van der Waals surface area contributed by atoms with Gasteiger partial charge in [0.15, 0.2) is 5.58 Å². The SMILES string of the molecule is c1ccc(-c2ccc(N(c3ccc4c(c3)oc3ccccc34)c3ccc4c(c3)oc3cccc(-c5nc6ccc7ccccc7c6o5)c34)cc2)cc1. The van der Waals surface area contributed by atoms with Gasteiger partial charge in [0, 0.05) is 61.7 Å². The lowest BCUT2D eigenvalue weighted by atomic mass is 10.0. The first-order valence-electron chi connectivity index (χ1n) is 17.4. The van der Waals surface area contributed by atoms with Crippen LogP contribution in [0.15, 0.2) is 183 Å². The number of furan rings is 2. The van der Waals surface area contributed by atoms with Crippen LogP contribution in [0, 0.1) is 0 Å². The van der Waals surface area contributed by atoms with Gasteiger partial charge in [-0.15, -0.1) is 0 Å². The maximum absolute atomic E-state index is 6.59. The van der Waals surface area contributed by atoms with Crippen molar-refractivity contribution in [3.05, 3.63) is 170 Å². The Kier molecular flexibility index (Phi) is 6.18. The second-order valence-electron chi connectivity index (χ2n) is 13.1.